The van der Waals surface area contributed by atoms with Crippen molar-refractivity contribution in [1.82, 2.24) is 0 Å². The van der Waals surface area contributed by atoms with E-state index in [0.29, 0.717) is 6.10 Å². The third-order valence-corrected chi connectivity index (χ3v) is 2.35. The lowest BCUT2D eigenvalue weighted by Crippen LogP contribution is -2.03. The number of hydrogen-bond donors (Lipinski definition) is 0. The standard InChI is InChI=1S/C7H16OSi/c1-5(2)7(9)8-6(3)4/h6H,1-4,9H3. The Morgan fingerprint density at radius 2 is 1.78 bits per heavy atom. The number of rotatable bonds is 2. The highest BCUT2D eigenvalue weighted by atomic mass is 28.1. The zero-order chi connectivity index (χ0) is 7.44. The summed E-state index contributed by atoms with van der Waals surface area (Å²) in [4.78, 5) is 0. The van der Waals surface area contributed by atoms with Gasteiger partial charge in [-0.1, -0.05) is 0 Å². The van der Waals surface area contributed by atoms with E-state index in [4.69, 9.17) is 4.74 Å². The molecule has 0 spiro atoms. The van der Waals surface area contributed by atoms with Crippen LogP contribution in [0.2, 0.25) is 0 Å². The summed E-state index contributed by atoms with van der Waals surface area (Å²) in [5.41, 5.74) is 1.32. The van der Waals surface area contributed by atoms with E-state index in [-0.39, 0.29) is 0 Å². The van der Waals surface area contributed by atoms with Crippen LogP contribution in [0.5, 0.6) is 0 Å². The first-order chi connectivity index (χ1) is 4.04. The number of hydrogen-bond acceptors (Lipinski definition) is 1. The molecule has 0 N–H and O–H groups in total. The summed E-state index contributed by atoms with van der Waals surface area (Å²) in [5, 5.41) is 1.19. The molecule has 0 aromatic rings. The van der Waals surface area contributed by atoms with Crippen molar-refractivity contribution < 1.29 is 4.74 Å². The van der Waals surface area contributed by atoms with Crippen LogP contribution in [0.3, 0.4) is 0 Å². The molecule has 0 unspecified atom stereocenters. The van der Waals surface area contributed by atoms with E-state index >= 15 is 0 Å². The molecular weight excluding hydrogens is 128 g/mol. The first-order valence-electron chi connectivity index (χ1n) is 3.34. The van der Waals surface area contributed by atoms with Gasteiger partial charge in [0.15, 0.2) is 0 Å². The average Bonchev–Trinajstić information content (AvgIpc) is 1.63. The molecule has 2 heteroatoms. The molecule has 0 fully saturated rings. The van der Waals surface area contributed by atoms with E-state index in [9.17, 15) is 0 Å². The van der Waals surface area contributed by atoms with Crippen molar-refractivity contribution in [2.24, 2.45) is 0 Å². The highest BCUT2D eigenvalue weighted by molar-refractivity contribution is 6.20. The largest absolute Gasteiger partial charge is 0.502 e. The van der Waals surface area contributed by atoms with Crippen molar-refractivity contribution in [1.29, 1.82) is 0 Å². The van der Waals surface area contributed by atoms with Gasteiger partial charge >= 0.3 is 0 Å². The summed E-state index contributed by atoms with van der Waals surface area (Å²) in [6.07, 6.45) is 0.340. The minimum Gasteiger partial charge on any atom is -0.502 e. The van der Waals surface area contributed by atoms with Gasteiger partial charge in [0.2, 0.25) is 0 Å². The van der Waals surface area contributed by atoms with Gasteiger partial charge in [-0.3, -0.25) is 0 Å². The lowest BCUT2D eigenvalue weighted by molar-refractivity contribution is 0.165. The molecule has 0 bridgehead atoms. The molecule has 0 amide bonds. The molecule has 0 saturated carbocycles. The van der Waals surface area contributed by atoms with Crippen LogP contribution in [0.15, 0.2) is 11.0 Å². The minimum atomic E-state index is 0.340. The molecule has 0 aliphatic heterocycles. The highest BCUT2D eigenvalue weighted by Gasteiger charge is 1.94. The van der Waals surface area contributed by atoms with Gasteiger partial charge in [0.1, 0.15) is 0 Å². The average molecular weight is 144 g/mol. The van der Waals surface area contributed by atoms with Crippen LogP contribution in [0.4, 0.5) is 0 Å². The molecular formula is C7H16OSi. The number of ether oxygens (including phenoxy) is 1. The molecule has 0 atom stereocenters. The lowest BCUT2D eigenvalue weighted by Gasteiger charge is -2.11. The van der Waals surface area contributed by atoms with E-state index in [1.54, 1.807) is 0 Å². The fourth-order valence-corrected chi connectivity index (χ4v) is 0.943. The first kappa shape index (κ1) is 8.76. The Morgan fingerprint density at radius 3 is 1.89 bits per heavy atom. The summed E-state index contributed by atoms with van der Waals surface area (Å²) in [6, 6.07) is 0. The fourth-order valence-electron chi connectivity index (χ4n) is 0.471. The molecule has 0 saturated heterocycles. The molecule has 0 aromatic heterocycles. The van der Waals surface area contributed by atoms with Crippen molar-refractivity contribution >= 4 is 10.2 Å². The van der Waals surface area contributed by atoms with E-state index in [2.05, 4.69) is 27.7 Å². The van der Waals surface area contributed by atoms with Crippen molar-refractivity contribution in [2.75, 3.05) is 0 Å². The Morgan fingerprint density at radius 1 is 1.33 bits per heavy atom. The minimum absolute atomic E-state index is 0.340. The van der Waals surface area contributed by atoms with Gasteiger partial charge in [-0.05, 0) is 33.3 Å². The molecule has 1 nitrogen and oxygen atoms in total. The van der Waals surface area contributed by atoms with Crippen molar-refractivity contribution in [3.8, 4) is 0 Å². The van der Waals surface area contributed by atoms with Crippen LogP contribution < -0.4 is 0 Å². The third kappa shape index (κ3) is 4.27. The fraction of sp³-hybridized carbons (Fsp3) is 0.714. The van der Waals surface area contributed by atoms with E-state index < -0.39 is 0 Å². The van der Waals surface area contributed by atoms with Crippen LogP contribution in [0.25, 0.3) is 0 Å². The Kier molecular flexibility index (Phi) is 3.62. The smallest absolute Gasteiger partial charge is 0.0919 e. The predicted molar refractivity (Wildman–Crippen MR) is 44.5 cm³/mol. The van der Waals surface area contributed by atoms with Gasteiger partial charge in [-0.25, -0.2) is 0 Å². The second kappa shape index (κ2) is 3.72. The molecule has 0 aliphatic carbocycles. The maximum absolute atomic E-state index is 5.45. The van der Waals surface area contributed by atoms with Gasteiger partial charge < -0.3 is 4.74 Å². The second-order valence-electron chi connectivity index (χ2n) is 2.72. The van der Waals surface area contributed by atoms with Crippen LogP contribution in [-0.2, 0) is 4.74 Å². The number of allylic oxidation sites excluding steroid dienone is 1. The van der Waals surface area contributed by atoms with Gasteiger partial charge in [-0.15, -0.1) is 0 Å². The predicted octanol–water partition coefficient (Wildman–Crippen LogP) is 1.03. The van der Waals surface area contributed by atoms with E-state index in [1.165, 1.54) is 11.0 Å². The van der Waals surface area contributed by atoms with Crippen molar-refractivity contribution in [3.05, 3.63) is 11.0 Å². The molecule has 9 heavy (non-hydrogen) atoms. The normalized spacial score (nSPS) is 9.89. The molecule has 0 radical (unpaired) electrons. The monoisotopic (exact) mass is 144 g/mol. The zero-order valence-electron chi connectivity index (χ0n) is 6.99. The molecule has 0 heterocycles. The quantitative estimate of drug-likeness (QED) is 0.415. The Bertz CT molecular complexity index is 112. The van der Waals surface area contributed by atoms with E-state index in [1.807, 2.05) is 0 Å². The Labute approximate surface area is 60.5 Å². The summed E-state index contributed by atoms with van der Waals surface area (Å²) in [5.74, 6) is 0. The lowest BCUT2D eigenvalue weighted by atomic mass is 10.4. The van der Waals surface area contributed by atoms with Crippen LogP contribution >= 0.6 is 0 Å². The van der Waals surface area contributed by atoms with Crippen LogP contribution in [-0.4, -0.2) is 16.3 Å². The van der Waals surface area contributed by atoms with Gasteiger partial charge in [0, 0.05) is 0 Å². The van der Waals surface area contributed by atoms with Crippen molar-refractivity contribution in [2.45, 2.75) is 33.8 Å². The van der Waals surface area contributed by atoms with Gasteiger partial charge in [-0.2, -0.15) is 0 Å². The molecule has 0 aliphatic rings. The first-order valence-corrected chi connectivity index (χ1v) is 4.34. The van der Waals surface area contributed by atoms with Crippen LogP contribution in [0.1, 0.15) is 27.7 Å². The maximum Gasteiger partial charge on any atom is 0.0919 e. The van der Waals surface area contributed by atoms with Gasteiger partial charge in [0.25, 0.3) is 0 Å². The van der Waals surface area contributed by atoms with Gasteiger partial charge in [0.05, 0.1) is 21.7 Å². The SMILES string of the molecule is CC(C)=C([SiH3])OC(C)C. The maximum atomic E-state index is 5.45. The molecule has 0 rings (SSSR count). The highest BCUT2D eigenvalue weighted by Crippen LogP contribution is 2.02. The van der Waals surface area contributed by atoms with Crippen LogP contribution in [0, 0.1) is 0 Å². The Balaban J connectivity index is 3.77. The van der Waals surface area contributed by atoms with E-state index in [0.717, 1.165) is 10.2 Å². The summed E-state index contributed by atoms with van der Waals surface area (Å²) < 4.78 is 5.45. The summed E-state index contributed by atoms with van der Waals surface area (Å²) >= 11 is 0. The Hall–Kier alpha value is -0.243. The van der Waals surface area contributed by atoms with Crippen molar-refractivity contribution in [3.63, 3.8) is 0 Å². The zero-order valence-corrected chi connectivity index (χ0v) is 8.99. The third-order valence-electron chi connectivity index (χ3n) is 1.12. The second-order valence-corrected chi connectivity index (χ2v) is 3.63. The molecule has 0 aromatic carbocycles. The summed E-state index contributed by atoms with van der Waals surface area (Å²) in [6.45, 7) is 8.29. The topological polar surface area (TPSA) is 9.23 Å². The molecule has 54 valence electrons. The summed E-state index contributed by atoms with van der Waals surface area (Å²) in [7, 11) is 1.03.